The zero-order valence-electron chi connectivity index (χ0n) is 35.5. The van der Waals surface area contributed by atoms with E-state index in [1.165, 1.54) is 7.05 Å². The third kappa shape index (κ3) is 8.20. The van der Waals surface area contributed by atoms with E-state index in [0.717, 1.165) is 74.4 Å². The average Bonchev–Trinajstić information content (AvgIpc) is 3.59. The molecule has 0 radical (unpaired) electrons. The van der Waals surface area contributed by atoms with Crippen molar-refractivity contribution < 1.29 is 19.1 Å². The van der Waals surface area contributed by atoms with Gasteiger partial charge in [0.25, 0.3) is 11.5 Å². The molecule has 3 fully saturated rings. The first-order valence-corrected chi connectivity index (χ1v) is 21.3. The Morgan fingerprint density at radius 2 is 1.75 bits per heavy atom. The first-order valence-electron chi connectivity index (χ1n) is 21.0. The lowest BCUT2D eigenvalue weighted by atomic mass is 9.78. The molecule has 3 saturated heterocycles. The van der Waals surface area contributed by atoms with E-state index in [9.17, 15) is 19.2 Å². The average molecular weight is 853 g/mol. The molecule has 18 heteroatoms. The number of carbonyl (C=O) groups excluding carboxylic acids is 3. The molecule has 0 aliphatic carbocycles. The van der Waals surface area contributed by atoms with Gasteiger partial charge >= 0.3 is 0 Å². The van der Waals surface area contributed by atoms with Crippen molar-refractivity contribution in [3.05, 3.63) is 63.8 Å². The number of halogens is 1. The second kappa shape index (κ2) is 16.9. The number of nitrogens with zero attached hydrogens (tertiary/aromatic N) is 9. The van der Waals surface area contributed by atoms with E-state index >= 15 is 0 Å². The number of amides is 3. The Balaban J connectivity index is 0.911. The molecule has 61 heavy (non-hydrogen) atoms. The summed E-state index contributed by atoms with van der Waals surface area (Å²) < 4.78 is 9.04. The molecule has 3 N–H and O–H groups in total. The van der Waals surface area contributed by atoms with E-state index in [1.54, 1.807) is 23.0 Å². The SMILES string of the molecule is CNC(=O)COc1cc2cc(Nc3nc(N4CCN(C(C)(C)C5CCN(c6cccc7c(C8CCC(=O)NC8=O)nn(C)c67)CC5)CC4)ncc3Cl)cnc2n(C(C)C)c1=O. The molecule has 3 aliphatic rings. The van der Waals surface area contributed by atoms with Crippen LogP contribution in [0.2, 0.25) is 5.02 Å². The maximum Gasteiger partial charge on any atom is 0.294 e. The highest BCUT2D eigenvalue weighted by molar-refractivity contribution is 6.33. The topological polar surface area (TPSA) is 185 Å². The standard InChI is InChI=1S/C43H53ClN12O5/c1-25(2)56-39-26(21-33(41(56)60)61-24-35(58)45-5)20-28(22-46-39)48-38-31(44)23-47-42(50-38)54-16-18-55(19-17-54)43(3,4)27-12-14-53(15-13-27)32-9-7-8-29-36(51-52(6)37(29)32)30-10-11-34(57)49-40(30)59/h7-9,20-23,25,27,30H,10-19,24H2,1-6H3,(H,45,58)(H,47,48,50)(H,49,57,59). The molecule has 4 aromatic heterocycles. The van der Waals surface area contributed by atoms with Crippen LogP contribution in [0.25, 0.3) is 21.9 Å². The summed E-state index contributed by atoms with van der Waals surface area (Å²) in [6, 6.07) is 9.47. The van der Waals surface area contributed by atoms with E-state index in [4.69, 9.17) is 26.4 Å². The molecule has 1 aromatic carbocycles. The lowest BCUT2D eigenvalue weighted by molar-refractivity contribution is -0.134. The zero-order chi connectivity index (χ0) is 43.2. The fraction of sp³-hybridized carbons (Fsp3) is 0.488. The number of piperazine rings is 1. The van der Waals surface area contributed by atoms with Crippen molar-refractivity contribution in [3.63, 3.8) is 0 Å². The predicted molar refractivity (Wildman–Crippen MR) is 235 cm³/mol. The van der Waals surface area contributed by atoms with Crippen molar-refractivity contribution in [1.82, 2.24) is 44.8 Å². The minimum Gasteiger partial charge on any atom is -0.478 e. The number of ether oxygens (including phenoxy) is 1. The van der Waals surface area contributed by atoms with Gasteiger partial charge in [-0.15, -0.1) is 0 Å². The van der Waals surface area contributed by atoms with Gasteiger partial charge < -0.3 is 25.2 Å². The van der Waals surface area contributed by atoms with Crippen LogP contribution >= 0.6 is 11.6 Å². The minimum atomic E-state index is -0.435. The van der Waals surface area contributed by atoms with Gasteiger partial charge in [0.15, 0.2) is 18.2 Å². The molecular weight excluding hydrogens is 800 g/mol. The van der Waals surface area contributed by atoms with Crippen molar-refractivity contribution in [1.29, 1.82) is 0 Å². The highest BCUT2D eigenvalue weighted by atomic mass is 35.5. The van der Waals surface area contributed by atoms with Crippen molar-refractivity contribution >= 4 is 74.4 Å². The molecule has 322 valence electrons. The summed E-state index contributed by atoms with van der Waals surface area (Å²) in [7, 11) is 3.44. The number of aryl methyl sites for hydroxylation is 1. The molecular formula is C43H53ClN12O5. The molecule has 3 aliphatic heterocycles. The number of hydrogen-bond donors (Lipinski definition) is 3. The van der Waals surface area contributed by atoms with E-state index in [0.29, 0.717) is 52.3 Å². The quantitative estimate of drug-likeness (QED) is 0.158. The van der Waals surface area contributed by atoms with E-state index in [1.807, 2.05) is 43.8 Å². The molecule has 1 unspecified atom stereocenters. The van der Waals surface area contributed by atoms with Crippen LogP contribution in [0.5, 0.6) is 5.75 Å². The van der Waals surface area contributed by atoms with Crippen molar-refractivity contribution in [3.8, 4) is 5.75 Å². The van der Waals surface area contributed by atoms with E-state index in [-0.39, 0.29) is 47.2 Å². The number of aromatic nitrogens is 6. The maximum absolute atomic E-state index is 13.2. The van der Waals surface area contributed by atoms with E-state index < -0.39 is 5.92 Å². The zero-order valence-corrected chi connectivity index (χ0v) is 36.3. The fourth-order valence-electron chi connectivity index (χ4n) is 9.18. The molecule has 0 saturated carbocycles. The molecule has 3 amide bonds. The van der Waals surface area contributed by atoms with Gasteiger partial charge in [-0.3, -0.25) is 38.6 Å². The number of likely N-dealkylation sites (N-methyl/N-ethyl adjacent to an activating group) is 1. The van der Waals surface area contributed by atoms with Gasteiger partial charge in [0.1, 0.15) is 10.7 Å². The molecule has 5 aromatic rings. The number of para-hydroxylation sites is 1. The highest BCUT2D eigenvalue weighted by Gasteiger charge is 2.40. The summed E-state index contributed by atoms with van der Waals surface area (Å²) >= 11 is 6.63. The molecule has 7 heterocycles. The summed E-state index contributed by atoms with van der Waals surface area (Å²) in [4.78, 5) is 71.0. The minimum absolute atomic E-state index is 0.0276. The molecule has 8 rings (SSSR count). The largest absolute Gasteiger partial charge is 0.478 e. The van der Waals surface area contributed by atoms with Gasteiger partial charge in [-0.2, -0.15) is 10.1 Å². The Hall–Kier alpha value is -5.81. The maximum atomic E-state index is 13.2. The van der Waals surface area contributed by atoms with Crippen LogP contribution in [0.15, 0.2) is 47.5 Å². The predicted octanol–water partition coefficient (Wildman–Crippen LogP) is 4.51. The summed E-state index contributed by atoms with van der Waals surface area (Å²) in [5, 5.41) is 15.1. The van der Waals surface area contributed by atoms with Gasteiger partial charge in [-0.05, 0) is 71.1 Å². The number of fused-ring (bicyclic) bond motifs is 2. The van der Waals surface area contributed by atoms with Crippen LogP contribution in [0.1, 0.15) is 71.0 Å². The highest BCUT2D eigenvalue weighted by Crippen LogP contribution is 2.39. The number of rotatable bonds is 11. The van der Waals surface area contributed by atoms with Gasteiger partial charge in [0, 0.05) is 82.1 Å². The lowest BCUT2D eigenvalue weighted by Crippen LogP contribution is -2.59. The summed E-state index contributed by atoms with van der Waals surface area (Å²) in [6.45, 7) is 13.3. The van der Waals surface area contributed by atoms with Crippen molar-refractivity contribution in [2.75, 3.05) is 68.0 Å². The van der Waals surface area contributed by atoms with Gasteiger partial charge in [0.05, 0.1) is 40.9 Å². The molecule has 0 bridgehead atoms. The van der Waals surface area contributed by atoms with Crippen LogP contribution in [0.3, 0.4) is 0 Å². The Kier molecular flexibility index (Phi) is 11.6. The summed E-state index contributed by atoms with van der Waals surface area (Å²) in [5.41, 5.74) is 3.59. The number of hydrogen-bond acceptors (Lipinski definition) is 13. The normalized spacial score (nSPS) is 18.3. The van der Waals surface area contributed by atoms with Crippen LogP contribution in [-0.2, 0) is 21.4 Å². The van der Waals surface area contributed by atoms with Gasteiger partial charge in [-0.25, -0.2) is 9.97 Å². The second-order valence-electron chi connectivity index (χ2n) is 16.9. The molecule has 0 spiro atoms. The fourth-order valence-corrected chi connectivity index (χ4v) is 9.32. The lowest BCUT2D eigenvalue weighted by Gasteiger charge is -2.50. The monoisotopic (exact) mass is 852 g/mol. The third-order valence-electron chi connectivity index (χ3n) is 12.6. The van der Waals surface area contributed by atoms with Gasteiger partial charge in [-0.1, -0.05) is 23.7 Å². The number of piperidine rings is 2. The summed E-state index contributed by atoms with van der Waals surface area (Å²) in [5.74, 6) is 0.286. The molecule has 1 atom stereocenters. The number of nitrogens with one attached hydrogen (secondary N) is 3. The number of benzene rings is 1. The smallest absolute Gasteiger partial charge is 0.294 e. The van der Waals surface area contributed by atoms with Crippen LogP contribution in [0, 0.1) is 5.92 Å². The first-order chi connectivity index (χ1) is 29.2. The van der Waals surface area contributed by atoms with Crippen LogP contribution < -0.4 is 36.0 Å². The van der Waals surface area contributed by atoms with E-state index in [2.05, 4.69) is 60.5 Å². The van der Waals surface area contributed by atoms with Crippen molar-refractivity contribution in [2.45, 2.75) is 70.9 Å². The summed E-state index contributed by atoms with van der Waals surface area (Å²) in [6.07, 6.45) is 6.11. The number of imide groups is 1. The van der Waals surface area contributed by atoms with Gasteiger partial charge in [0.2, 0.25) is 17.8 Å². The first kappa shape index (κ1) is 41.9. The van der Waals surface area contributed by atoms with Crippen LogP contribution in [-0.4, -0.2) is 110 Å². The third-order valence-corrected chi connectivity index (χ3v) is 12.9. The molecule has 17 nitrogen and oxygen atoms in total. The Labute approximate surface area is 358 Å². The van der Waals surface area contributed by atoms with Crippen molar-refractivity contribution in [2.24, 2.45) is 13.0 Å². The second-order valence-corrected chi connectivity index (χ2v) is 17.3. The number of pyridine rings is 2. The Morgan fingerprint density at radius 1 is 1.00 bits per heavy atom. The Morgan fingerprint density at radius 3 is 2.46 bits per heavy atom. The number of carbonyl (C=O) groups is 3. The Bertz CT molecular complexity index is 2560. The van der Waals surface area contributed by atoms with Crippen LogP contribution in [0.4, 0.5) is 23.1 Å². The number of anilines is 4.